The van der Waals surface area contributed by atoms with Crippen LogP contribution in [0.25, 0.3) is 0 Å². The average molecular weight is 297 g/mol. The van der Waals surface area contributed by atoms with E-state index in [9.17, 15) is 8.42 Å². The van der Waals surface area contributed by atoms with E-state index in [-0.39, 0.29) is 17.2 Å². The van der Waals surface area contributed by atoms with Crippen LogP contribution in [0.4, 0.5) is 0 Å². The first kappa shape index (κ1) is 16.2. The second-order valence-corrected chi connectivity index (χ2v) is 8.20. The normalized spacial score (nSPS) is 21.1. The quantitative estimate of drug-likeness (QED) is 0.670. The van der Waals surface area contributed by atoms with E-state index in [0.717, 1.165) is 12.8 Å². The van der Waals surface area contributed by atoms with Crippen LogP contribution in [-0.4, -0.2) is 62.5 Å². The Balaban J connectivity index is 2.67. The molecule has 0 aromatic carbocycles. The Bertz CT molecular complexity index is 366. The van der Waals surface area contributed by atoms with Crippen LogP contribution in [0.15, 0.2) is 0 Å². The number of sulfonamides is 1. The Hall–Kier alpha value is 0.160. The molecule has 1 rings (SSSR count). The molecule has 0 bridgehead atoms. The number of rotatable bonds is 7. The van der Waals surface area contributed by atoms with Crippen molar-refractivity contribution in [3.8, 4) is 0 Å². The van der Waals surface area contributed by atoms with Gasteiger partial charge in [0.2, 0.25) is 10.0 Å². The zero-order valence-corrected chi connectivity index (χ0v) is 13.4. The summed E-state index contributed by atoms with van der Waals surface area (Å²) < 4.78 is 25.9. The molecule has 1 unspecified atom stereocenters. The van der Waals surface area contributed by atoms with E-state index in [2.05, 4.69) is 4.90 Å². The third kappa shape index (κ3) is 3.59. The molecule has 0 spiro atoms. The van der Waals surface area contributed by atoms with E-state index in [1.54, 1.807) is 7.05 Å². The molecule has 6 heteroatoms. The van der Waals surface area contributed by atoms with E-state index in [1.807, 2.05) is 21.0 Å². The van der Waals surface area contributed by atoms with Gasteiger partial charge in [0, 0.05) is 25.0 Å². The lowest BCUT2D eigenvalue weighted by atomic mass is 9.75. The molecule has 1 aliphatic rings. The molecule has 0 heterocycles. The molecule has 18 heavy (non-hydrogen) atoms. The first-order valence-corrected chi connectivity index (χ1v) is 8.55. The topological polar surface area (TPSA) is 40.6 Å². The number of likely N-dealkylation sites (N-methyl/N-ethyl adjacent to an activating group) is 2. The first-order chi connectivity index (χ1) is 8.23. The predicted octanol–water partition coefficient (Wildman–Crippen LogP) is 1.61. The van der Waals surface area contributed by atoms with Crippen LogP contribution in [0.2, 0.25) is 0 Å². The van der Waals surface area contributed by atoms with Gasteiger partial charge in [0.05, 0.1) is 5.75 Å². The smallest absolute Gasteiger partial charge is 0.214 e. The maximum atomic E-state index is 12.2. The molecular formula is C12H25ClN2O2S. The summed E-state index contributed by atoms with van der Waals surface area (Å²) in [4.78, 5) is 2.16. The maximum absolute atomic E-state index is 12.2. The van der Waals surface area contributed by atoms with Crippen molar-refractivity contribution < 1.29 is 8.42 Å². The van der Waals surface area contributed by atoms with Crippen LogP contribution in [0.5, 0.6) is 0 Å². The number of halogens is 1. The summed E-state index contributed by atoms with van der Waals surface area (Å²) in [5.74, 6) is 0.512. The number of hydrogen-bond acceptors (Lipinski definition) is 3. The Kier molecular flexibility index (Phi) is 5.47. The van der Waals surface area contributed by atoms with Gasteiger partial charge in [-0.3, -0.25) is 0 Å². The lowest BCUT2D eigenvalue weighted by Gasteiger charge is -2.49. The van der Waals surface area contributed by atoms with E-state index in [0.29, 0.717) is 12.4 Å². The highest BCUT2D eigenvalue weighted by molar-refractivity contribution is 7.89. The van der Waals surface area contributed by atoms with Gasteiger partial charge in [-0.25, -0.2) is 12.7 Å². The van der Waals surface area contributed by atoms with Gasteiger partial charge in [0.25, 0.3) is 0 Å². The fraction of sp³-hybridized carbons (Fsp3) is 1.00. The molecule has 108 valence electrons. The second-order valence-electron chi connectivity index (χ2n) is 5.77. The Morgan fingerprint density at radius 2 is 1.83 bits per heavy atom. The lowest BCUT2D eigenvalue weighted by molar-refractivity contribution is 0.0455. The molecule has 0 aromatic rings. The summed E-state index contributed by atoms with van der Waals surface area (Å²) in [5.41, 5.74) is 0.0338. The van der Waals surface area contributed by atoms with Crippen LogP contribution in [0, 0.1) is 5.92 Å². The minimum atomic E-state index is -3.19. The summed E-state index contributed by atoms with van der Waals surface area (Å²) in [6.07, 6.45) is 3.33. The van der Waals surface area contributed by atoms with E-state index < -0.39 is 10.0 Å². The minimum absolute atomic E-state index is 0.00388. The molecule has 0 aliphatic heterocycles. The van der Waals surface area contributed by atoms with Crippen molar-refractivity contribution >= 4 is 21.6 Å². The van der Waals surface area contributed by atoms with Gasteiger partial charge in [0.1, 0.15) is 0 Å². The van der Waals surface area contributed by atoms with Gasteiger partial charge in [-0.2, -0.15) is 0 Å². The molecule has 1 saturated carbocycles. The van der Waals surface area contributed by atoms with Gasteiger partial charge >= 0.3 is 0 Å². The molecular weight excluding hydrogens is 272 g/mol. The molecule has 1 fully saturated rings. The second kappa shape index (κ2) is 6.07. The highest BCUT2D eigenvalue weighted by atomic mass is 35.5. The van der Waals surface area contributed by atoms with Crippen LogP contribution >= 0.6 is 11.6 Å². The van der Waals surface area contributed by atoms with Crippen LogP contribution in [-0.2, 0) is 10.0 Å². The fourth-order valence-electron chi connectivity index (χ4n) is 2.38. The zero-order chi connectivity index (χ0) is 14.0. The molecule has 0 radical (unpaired) electrons. The predicted molar refractivity (Wildman–Crippen MR) is 76.6 cm³/mol. The Labute approximate surface area is 116 Å². The van der Waals surface area contributed by atoms with E-state index in [1.165, 1.54) is 10.7 Å². The van der Waals surface area contributed by atoms with Crippen molar-refractivity contribution in [1.29, 1.82) is 0 Å². The largest absolute Gasteiger partial charge is 0.302 e. The summed E-state index contributed by atoms with van der Waals surface area (Å²) in [6, 6.07) is 0. The highest BCUT2D eigenvalue weighted by Crippen LogP contribution is 2.37. The standard InChI is InChI=1S/C12H25ClN2O2S/c1-11(8-13)9-18(16,17)15(4)10-12(14(2)3)6-5-7-12/h11H,5-10H2,1-4H3. The van der Waals surface area contributed by atoms with Crippen molar-refractivity contribution in [3.05, 3.63) is 0 Å². The van der Waals surface area contributed by atoms with Crippen LogP contribution < -0.4 is 0 Å². The molecule has 4 nitrogen and oxygen atoms in total. The number of alkyl halides is 1. The van der Waals surface area contributed by atoms with Gasteiger partial charge in [0.15, 0.2) is 0 Å². The molecule has 1 aliphatic carbocycles. The van der Waals surface area contributed by atoms with Crippen molar-refractivity contribution in [2.45, 2.75) is 31.7 Å². The molecule has 0 amide bonds. The van der Waals surface area contributed by atoms with Crippen molar-refractivity contribution in [2.75, 3.05) is 39.3 Å². The van der Waals surface area contributed by atoms with E-state index in [4.69, 9.17) is 11.6 Å². The summed E-state index contributed by atoms with van der Waals surface area (Å²) >= 11 is 5.69. The monoisotopic (exact) mass is 296 g/mol. The Morgan fingerprint density at radius 1 is 1.28 bits per heavy atom. The van der Waals surface area contributed by atoms with Crippen molar-refractivity contribution in [1.82, 2.24) is 9.21 Å². The first-order valence-electron chi connectivity index (χ1n) is 6.41. The number of hydrogen-bond donors (Lipinski definition) is 0. The fourth-order valence-corrected chi connectivity index (χ4v) is 4.14. The van der Waals surface area contributed by atoms with Gasteiger partial charge in [-0.15, -0.1) is 11.6 Å². The third-order valence-corrected chi connectivity index (χ3v) is 6.58. The van der Waals surface area contributed by atoms with Crippen LogP contribution in [0.3, 0.4) is 0 Å². The van der Waals surface area contributed by atoms with Gasteiger partial charge in [-0.05, 0) is 39.3 Å². The molecule has 0 saturated heterocycles. The summed E-state index contributed by atoms with van der Waals surface area (Å²) in [6.45, 7) is 2.45. The third-order valence-electron chi connectivity index (χ3n) is 3.98. The molecule has 0 N–H and O–H groups in total. The van der Waals surface area contributed by atoms with Gasteiger partial charge < -0.3 is 4.90 Å². The summed E-state index contributed by atoms with van der Waals surface area (Å²) in [5, 5.41) is 0. The average Bonchev–Trinajstić information content (AvgIpc) is 2.21. The molecule has 1 atom stereocenters. The van der Waals surface area contributed by atoms with Crippen LogP contribution in [0.1, 0.15) is 26.2 Å². The lowest BCUT2D eigenvalue weighted by Crippen LogP contribution is -2.57. The SMILES string of the molecule is CC(CCl)CS(=O)(=O)N(C)CC1(N(C)C)CCC1. The highest BCUT2D eigenvalue weighted by Gasteiger charge is 2.41. The van der Waals surface area contributed by atoms with E-state index >= 15 is 0 Å². The maximum Gasteiger partial charge on any atom is 0.214 e. The Morgan fingerprint density at radius 3 is 2.17 bits per heavy atom. The number of nitrogens with zero attached hydrogens (tertiary/aromatic N) is 2. The van der Waals surface area contributed by atoms with Crippen molar-refractivity contribution in [2.24, 2.45) is 5.92 Å². The zero-order valence-electron chi connectivity index (χ0n) is 11.8. The van der Waals surface area contributed by atoms with Crippen molar-refractivity contribution in [3.63, 3.8) is 0 Å². The van der Waals surface area contributed by atoms with Gasteiger partial charge in [-0.1, -0.05) is 6.92 Å². The molecule has 0 aromatic heterocycles. The minimum Gasteiger partial charge on any atom is -0.302 e. The summed E-state index contributed by atoms with van der Waals surface area (Å²) in [7, 11) is 2.55.